The van der Waals surface area contributed by atoms with Gasteiger partial charge in [-0.05, 0) is 24.6 Å². The van der Waals surface area contributed by atoms with Crippen LogP contribution in [0, 0.1) is 0 Å². The van der Waals surface area contributed by atoms with Crippen LogP contribution in [0.2, 0.25) is 0 Å². The maximum Gasteiger partial charge on any atom is 0.231 e. The summed E-state index contributed by atoms with van der Waals surface area (Å²) in [6.45, 7) is 6.55. The first-order valence-corrected chi connectivity index (χ1v) is 8.43. The van der Waals surface area contributed by atoms with Gasteiger partial charge < -0.3 is 18.8 Å². The highest BCUT2D eigenvalue weighted by molar-refractivity contribution is 5.44. The second-order valence-corrected chi connectivity index (χ2v) is 6.40. The molecule has 0 aliphatic carbocycles. The van der Waals surface area contributed by atoms with Gasteiger partial charge in [-0.25, -0.2) is 4.98 Å². The number of fused-ring (bicyclic) bond motifs is 2. The summed E-state index contributed by atoms with van der Waals surface area (Å²) in [6, 6.07) is 6.18. The van der Waals surface area contributed by atoms with E-state index in [-0.39, 0.29) is 0 Å². The molecule has 0 amide bonds. The summed E-state index contributed by atoms with van der Waals surface area (Å²) in [5, 5.41) is 0. The molecule has 1 atom stereocenters. The molecule has 0 bridgehead atoms. The van der Waals surface area contributed by atoms with E-state index in [2.05, 4.69) is 33.6 Å². The summed E-state index contributed by atoms with van der Waals surface area (Å²) in [5.74, 6) is 2.03. The molecule has 2 aliphatic rings. The van der Waals surface area contributed by atoms with E-state index in [1.807, 2.05) is 19.3 Å². The number of benzene rings is 1. The van der Waals surface area contributed by atoms with E-state index in [1.165, 1.54) is 11.3 Å². The van der Waals surface area contributed by atoms with Crippen molar-refractivity contribution in [2.75, 3.05) is 26.6 Å². The van der Waals surface area contributed by atoms with Crippen LogP contribution in [0.3, 0.4) is 0 Å². The first kappa shape index (κ1) is 15.5. The van der Waals surface area contributed by atoms with Crippen molar-refractivity contribution < 1.29 is 14.2 Å². The summed E-state index contributed by atoms with van der Waals surface area (Å²) in [7, 11) is 2.07. The first-order valence-electron chi connectivity index (χ1n) is 8.43. The zero-order valence-corrected chi connectivity index (χ0v) is 14.2. The Kier molecular flexibility index (Phi) is 4.16. The molecule has 6 nitrogen and oxygen atoms in total. The minimum atomic E-state index is 0.316. The van der Waals surface area contributed by atoms with Gasteiger partial charge in [-0.15, -0.1) is 0 Å². The van der Waals surface area contributed by atoms with Gasteiger partial charge in [0.25, 0.3) is 0 Å². The topological polar surface area (TPSA) is 48.8 Å². The number of rotatable bonds is 5. The highest BCUT2D eigenvalue weighted by Gasteiger charge is 2.29. The van der Waals surface area contributed by atoms with Crippen LogP contribution >= 0.6 is 0 Å². The lowest BCUT2D eigenvalue weighted by Crippen LogP contribution is -2.36. The number of nitrogens with zero attached hydrogens (tertiary/aromatic N) is 3. The number of aryl methyl sites for hydroxylation is 1. The fourth-order valence-corrected chi connectivity index (χ4v) is 3.62. The normalized spacial score (nSPS) is 19.5. The minimum Gasteiger partial charge on any atom is -0.454 e. The molecule has 1 aromatic carbocycles. The van der Waals surface area contributed by atoms with Crippen LogP contribution in [0.15, 0.2) is 24.5 Å². The van der Waals surface area contributed by atoms with E-state index in [0.29, 0.717) is 12.7 Å². The van der Waals surface area contributed by atoms with Gasteiger partial charge in [-0.1, -0.05) is 6.07 Å². The maximum absolute atomic E-state index is 5.71. The highest BCUT2D eigenvalue weighted by atomic mass is 16.7. The molecule has 128 valence electrons. The molecule has 3 heterocycles. The largest absolute Gasteiger partial charge is 0.454 e. The lowest BCUT2D eigenvalue weighted by atomic mass is 9.98. The Morgan fingerprint density at radius 3 is 3.04 bits per heavy atom. The molecular weight excluding hydrogens is 306 g/mol. The molecule has 1 unspecified atom stereocenters. The number of ether oxygens (including phenoxy) is 3. The second-order valence-electron chi connectivity index (χ2n) is 6.40. The first-order chi connectivity index (χ1) is 11.7. The number of imidazole rings is 1. The Morgan fingerprint density at radius 1 is 1.29 bits per heavy atom. The van der Waals surface area contributed by atoms with Crippen LogP contribution in [0.25, 0.3) is 0 Å². The monoisotopic (exact) mass is 329 g/mol. The zero-order chi connectivity index (χ0) is 16.5. The Labute approximate surface area is 142 Å². The Hall–Kier alpha value is -2.05. The van der Waals surface area contributed by atoms with Crippen molar-refractivity contribution in [3.05, 3.63) is 41.5 Å². The standard InChI is InChI=1S/C18H23N3O3/c1-3-22-10-14-8-21(9-15-18(14)20(2)11-19-15)7-13-4-5-16-17(6-13)24-12-23-16/h4-6,11,14H,3,7-10,12H2,1-2H3. The molecule has 0 spiro atoms. The predicted octanol–water partition coefficient (Wildman–Crippen LogP) is 2.28. The van der Waals surface area contributed by atoms with Gasteiger partial charge in [0, 0.05) is 44.9 Å². The predicted molar refractivity (Wildman–Crippen MR) is 89.1 cm³/mol. The van der Waals surface area contributed by atoms with E-state index in [0.717, 1.165) is 50.0 Å². The molecule has 4 rings (SSSR count). The molecule has 24 heavy (non-hydrogen) atoms. The van der Waals surface area contributed by atoms with Gasteiger partial charge in [-0.2, -0.15) is 0 Å². The van der Waals surface area contributed by atoms with Crippen molar-refractivity contribution >= 4 is 0 Å². The third-order valence-electron chi connectivity index (χ3n) is 4.67. The molecule has 1 aromatic heterocycles. The molecular formula is C18H23N3O3. The van der Waals surface area contributed by atoms with Crippen molar-refractivity contribution in [1.29, 1.82) is 0 Å². The van der Waals surface area contributed by atoms with Crippen LogP contribution in [-0.4, -0.2) is 41.0 Å². The average molecular weight is 329 g/mol. The van der Waals surface area contributed by atoms with E-state index >= 15 is 0 Å². The van der Waals surface area contributed by atoms with Gasteiger partial charge in [0.15, 0.2) is 11.5 Å². The van der Waals surface area contributed by atoms with Crippen LogP contribution in [0.5, 0.6) is 11.5 Å². The summed E-state index contributed by atoms with van der Waals surface area (Å²) >= 11 is 0. The number of hydrogen-bond acceptors (Lipinski definition) is 5. The smallest absolute Gasteiger partial charge is 0.231 e. The number of hydrogen-bond donors (Lipinski definition) is 0. The SMILES string of the molecule is CCOCC1CN(Cc2ccc3c(c2)OCO3)Cc2ncn(C)c21. The Balaban J connectivity index is 1.52. The van der Waals surface area contributed by atoms with E-state index in [1.54, 1.807) is 0 Å². The minimum absolute atomic E-state index is 0.316. The average Bonchev–Trinajstić information content (AvgIpc) is 3.19. The highest BCUT2D eigenvalue weighted by Crippen LogP contribution is 2.34. The summed E-state index contributed by atoms with van der Waals surface area (Å²) in [4.78, 5) is 7.01. The maximum atomic E-state index is 5.71. The van der Waals surface area contributed by atoms with Crippen molar-refractivity contribution in [2.45, 2.75) is 25.9 Å². The van der Waals surface area contributed by atoms with Gasteiger partial charge >= 0.3 is 0 Å². The van der Waals surface area contributed by atoms with Crippen LogP contribution < -0.4 is 9.47 Å². The molecule has 2 aliphatic heterocycles. The Bertz CT molecular complexity index is 728. The van der Waals surface area contributed by atoms with Gasteiger partial charge in [0.05, 0.1) is 18.6 Å². The van der Waals surface area contributed by atoms with Gasteiger partial charge in [0.2, 0.25) is 6.79 Å². The van der Waals surface area contributed by atoms with Gasteiger partial charge in [-0.3, -0.25) is 4.90 Å². The van der Waals surface area contributed by atoms with Crippen molar-refractivity contribution in [2.24, 2.45) is 7.05 Å². The number of aromatic nitrogens is 2. The van der Waals surface area contributed by atoms with Crippen molar-refractivity contribution in [3.8, 4) is 11.5 Å². The summed E-state index contributed by atoms with van der Waals surface area (Å²) in [6.07, 6.45) is 1.91. The third-order valence-corrected chi connectivity index (χ3v) is 4.67. The van der Waals surface area contributed by atoms with E-state index in [9.17, 15) is 0 Å². The van der Waals surface area contributed by atoms with Gasteiger partial charge in [0.1, 0.15) is 0 Å². The van der Waals surface area contributed by atoms with Crippen molar-refractivity contribution in [1.82, 2.24) is 14.5 Å². The molecule has 0 N–H and O–H groups in total. The quantitative estimate of drug-likeness (QED) is 0.842. The zero-order valence-electron chi connectivity index (χ0n) is 14.2. The van der Waals surface area contributed by atoms with Crippen molar-refractivity contribution in [3.63, 3.8) is 0 Å². The molecule has 6 heteroatoms. The molecule has 2 aromatic rings. The molecule has 0 saturated carbocycles. The lowest BCUT2D eigenvalue weighted by Gasteiger charge is -2.32. The third kappa shape index (κ3) is 2.87. The Morgan fingerprint density at radius 2 is 2.17 bits per heavy atom. The van der Waals surface area contributed by atoms with Crippen LogP contribution in [0.1, 0.15) is 29.8 Å². The van der Waals surface area contributed by atoms with Crippen LogP contribution in [0.4, 0.5) is 0 Å². The fourth-order valence-electron chi connectivity index (χ4n) is 3.62. The summed E-state index contributed by atoms with van der Waals surface area (Å²) < 4.78 is 18.7. The summed E-state index contributed by atoms with van der Waals surface area (Å²) in [5.41, 5.74) is 3.70. The van der Waals surface area contributed by atoms with E-state index in [4.69, 9.17) is 14.2 Å². The molecule has 0 radical (unpaired) electrons. The molecule has 0 fully saturated rings. The van der Waals surface area contributed by atoms with E-state index < -0.39 is 0 Å². The fraction of sp³-hybridized carbons (Fsp3) is 0.500. The second kappa shape index (κ2) is 6.45. The molecule has 0 saturated heterocycles. The lowest BCUT2D eigenvalue weighted by molar-refractivity contribution is 0.102. The van der Waals surface area contributed by atoms with Crippen LogP contribution in [-0.2, 0) is 24.9 Å².